The van der Waals surface area contributed by atoms with Gasteiger partial charge in [-0.2, -0.15) is 13.2 Å². The van der Waals surface area contributed by atoms with Gasteiger partial charge >= 0.3 is 18.6 Å². The van der Waals surface area contributed by atoms with Gasteiger partial charge in [-0.1, -0.05) is 0 Å². The third-order valence-corrected chi connectivity index (χ3v) is 5.87. The van der Waals surface area contributed by atoms with Crippen LogP contribution in [0.1, 0.15) is 22.3 Å². The average molecular weight is 533 g/mol. The van der Waals surface area contributed by atoms with Crippen molar-refractivity contribution in [2.24, 2.45) is 0 Å². The van der Waals surface area contributed by atoms with Gasteiger partial charge in [-0.15, -0.1) is 24.5 Å². The van der Waals surface area contributed by atoms with Crippen LogP contribution in [0.15, 0.2) is 11.4 Å². The van der Waals surface area contributed by atoms with Crippen molar-refractivity contribution >= 4 is 33.6 Å². The van der Waals surface area contributed by atoms with E-state index in [2.05, 4.69) is 19.8 Å². The summed E-state index contributed by atoms with van der Waals surface area (Å²) in [6.45, 7) is -2.37. The molecule has 1 fully saturated rings. The van der Waals surface area contributed by atoms with Crippen LogP contribution in [-0.4, -0.2) is 73.9 Å². The molecule has 1 aliphatic rings. The van der Waals surface area contributed by atoms with Crippen molar-refractivity contribution in [2.75, 3.05) is 33.4 Å². The minimum absolute atomic E-state index is 0.104. The highest BCUT2D eigenvalue weighted by atomic mass is 32.1. The lowest BCUT2D eigenvalue weighted by Crippen LogP contribution is -2.49. The van der Waals surface area contributed by atoms with E-state index in [0.717, 1.165) is 4.90 Å². The number of carbonyl (C=O) groups excluding carboxylic acids is 2. The first-order chi connectivity index (χ1) is 16.3. The molecular weight excluding hydrogens is 515 g/mol. The van der Waals surface area contributed by atoms with Gasteiger partial charge in [0.25, 0.3) is 5.91 Å². The molecule has 1 saturated heterocycles. The SMILES string of the molecule is CNC(=O)c1csc2c(C(F)(F)F)cc(O[C@@H]3CCN(C(=O)OCCOC(F)(F)F)C[C@@H]3F)nc12. The number of hydrogen-bond donors (Lipinski definition) is 1. The molecule has 1 N–H and O–H groups in total. The predicted molar refractivity (Wildman–Crippen MR) is 107 cm³/mol. The van der Waals surface area contributed by atoms with Crippen LogP contribution < -0.4 is 10.1 Å². The molecule has 0 saturated carbocycles. The molecule has 16 heteroatoms. The van der Waals surface area contributed by atoms with Crippen molar-refractivity contribution < 1.29 is 54.5 Å². The lowest BCUT2D eigenvalue weighted by Gasteiger charge is -2.33. The van der Waals surface area contributed by atoms with Gasteiger partial charge in [0.1, 0.15) is 12.7 Å². The lowest BCUT2D eigenvalue weighted by molar-refractivity contribution is -0.326. The number of halogens is 7. The molecule has 0 bridgehead atoms. The molecule has 1 aliphatic heterocycles. The fraction of sp³-hybridized carbons (Fsp3) is 0.526. The summed E-state index contributed by atoms with van der Waals surface area (Å²) in [4.78, 5) is 28.8. The number of hydrogen-bond acceptors (Lipinski definition) is 7. The van der Waals surface area contributed by atoms with E-state index in [1.54, 1.807) is 0 Å². The largest absolute Gasteiger partial charge is 0.522 e. The molecule has 0 radical (unpaired) electrons. The Bertz CT molecular complexity index is 1080. The second-order valence-corrected chi connectivity index (χ2v) is 8.11. The highest BCUT2D eigenvalue weighted by Gasteiger charge is 2.38. The van der Waals surface area contributed by atoms with Crippen LogP contribution in [0.5, 0.6) is 5.88 Å². The number of likely N-dealkylation sites (tertiary alicyclic amines) is 1. The number of alkyl halides is 7. The zero-order valence-corrected chi connectivity index (χ0v) is 18.7. The van der Waals surface area contributed by atoms with E-state index in [1.807, 2.05) is 0 Å². The quantitative estimate of drug-likeness (QED) is 0.444. The molecule has 2 atom stereocenters. The third-order valence-electron chi connectivity index (χ3n) is 4.86. The Morgan fingerprint density at radius 2 is 1.94 bits per heavy atom. The molecule has 35 heavy (non-hydrogen) atoms. The molecule has 3 rings (SSSR count). The monoisotopic (exact) mass is 533 g/mol. The van der Waals surface area contributed by atoms with E-state index in [0.29, 0.717) is 17.4 Å². The van der Waals surface area contributed by atoms with Crippen LogP contribution in [0.2, 0.25) is 0 Å². The number of aromatic nitrogens is 1. The van der Waals surface area contributed by atoms with Gasteiger partial charge in [-0.05, 0) is 0 Å². The number of piperidine rings is 1. The number of pyridine rings is 1. The Kier molecular flexibility index (Phi) is 7.93. The Morgan fingerprint density at radius 3 is 2.54 bits per heavy atom. The predicted octanol–water partition coefficient (Wildman–Crippen LogP) is 4.14. The molecule has 8 nitrogen and oxygen atoms in total. The Morgan fingerprint density at radius 1 is 1.23 bits per heavy atom. The van der Waals surface area contributed by atoms with E-state index >= 15 is 0 Å². The van der Waals surface area contributed by atoms with Crippen LogP contribution >= 0.6 is 11.3 Å². The van der Waals surface area contributed by atoms with Gasteiger partial charge in [0.15, 0.2) is 6.17 Å². The number of fused-ring (bicyclic) bond motifs is 1. The molecular formula is C19H18F7N3O5S. The van der Waals surface area contributed by atoms with E-state index < -0.39 is 68.0 Å². The summed E-state index contributed by atoms with van der Waals surface area (Å²) in [7, 11) is 1.30. The number of nitrogens with zero attached hydrogens (tertiary/aromatic N) is 2. The molecule has 0 aromatic carbocycles. The van der Waals surface area contributed by atoms with Gasteiger partial charge in [0.05, 0.1) is 34.5 Å². The van der Waals surface area contributed by atoms with Crippen molar-refractivity contribution in [1.82, 2.24) is 15.2 Å². The molecule has 2 amide bonds. The Balaban J connectivity index is 1.69. The van der Waals surface area contributed by atoms with Crippen molar-refractivity contribution in [3.8, 4) is 5.88 Å². The summed E-state index contributed by atoms with van der Waals surface area (Å²) in [5, 5.41) is 3.52. The summed E-state index contributed by atoms with van der Waals surface area (Å²) in [5.41, 5.74) is -1.46. The zero-order valence-electron chi connectivity index (χ0n) is 17.8. The number of ether oxygens (including phenoxy) is 3. The Labute approximate surface area is 196 Å². The van der Waals surface area contributed by atoms with Gasteiger partial charge in [0, 0.05) is 31.5 Å². The number of amides is 2. The van der Waals surface area contributed by atoms with Gasteiger partial charge in [0.2, 0.25) is 5.88 Å². The number of carbonyl (C=O) groups is 2. The third kappa shape index (κ3) is 6.62. The lowest BCUT2D eigenvalue weighted by atomic mass is 10.1. The number of rotatable bonds is 6. The zero-order chi connectivity index (χ0) is 26.0. The van der Waals surface area contributed by atoms with Crippen LogP contribution in [0.4, 0.5) is 35.5 Å². The summed E-state index contributed by atoms with van der Waals surface area (Å²) < 4.78 is 104. The second-order valence-electron chi connectivity index (χ2n) is 7.23. The number of nitrogens with one attached hydrogen (secondary N) is 1. The number of thiophene rings is 1. The highest BCUT2D eigenvalue weighted by Crippen LogP contribution is 2.40. The fourth-order valence-electron chi connectivity index (χ4n) is 3.27. The van der Waals surface area contributed by atoms with Crippen LogP contribution in [-0.2, 0) is 15.7 Å². The normalized spacial score (nSPS) is 19.0. The van der Waals surface area contributed by atoms with Gasteiger partial charge in [-0.3, -0.25) is 9.53 Å². The molecule has 0 unspecified atom stereocenters. The topological polar surface area (TPSA) is 90.0 Å². The minimum Gasteiger partial charge on any atom is -0.471 e. The summed E-state index contributed by atoms with van der Waals surface area (Å²) in [5.74, 6) is -1.22. The smallest absolute Gasteiger partial charge is 0.471 e. The van der Waals surface area contributed by atoms with Gasteiger partial charge in [-0.25, -0.2) is 14.2 Å². The maximum absolute atomic E-state index is 14.7. The summed E-state index contributed by atoms with van der Waals surface area (Å²) in [6.07, 6.45) is -14.1. The van der Waals surface area contributed by atoms with Crippen molar-refractivity contribution in [1.29, 1.82) is 0 Å². The van der Waals surface area contributed by atoms with Crippen molar-refractivity contribution in [3.63, 3.8) is 0 Å². The maximum atomic E-state index is 14.7. The molecule has 0 aliphatic carbocycles. The molecule has 0 spiro atoms. The fourth-order valence-corrected chi connectivity index (χ4v) is 4.29. The first kappa shape index (κ1) is 26.7. The Hall–Kier alpha value is -2.88. The second kappa shape index (κ2) is 10.4. The maximum Gasteiger partial charge on any atom is 0.522 e. The van der Waals surface area contributed by atoms with Crippen LogP contribution in [0.25, 0.3) is 10.2 Å². The van der Waals surface area contributed by atoms with Crippen molar-refractivity contribution in [2.45, 2.75) is 31.2 Å². The molecule has 2 aromatic heterocycles. The van der Waals surface area contributed by atoms with Crippen LogP contribution in [0, 0.1) is 0 Å². The molecule has 3 heterocycles. The molecule has 194 valence electrons. The van der Waals surface area contributed by atoms with E-state index in [1.165, 1.54) is 12.4 Å². The van der Waals surface area contributed by atoms with E-state index in [-0.39, 0.29) is 28.7 Å². The minimum atomic E-state index is -4.89. The van der Waals surface area contributed by atoms with E-state index in [4.69, 9.17) is 4.74 Å². The standard InChI is InChI=1S/C19H18F7N3O5S/c1-27-16(30)9-8-35-15-10(18(21,22)23)6-13(28-14(9)15)34-12-2-3-29(7-11(12)20)17(31)32-4-5-33-19(24,25)26/h6,8,11-12H,2-5,7H2,1H3,(H,27,30)/t11-,12+/m0/s1. The van der Waals surface area contributed by atoms with Gasteiger partial charge < -0.3 is 19.7 Å². The molecule has 2 aromatic rings. The first-order valence-electron chi connectivity index (χ1n) is 9.94. The average Bonchev–Trinajstić information content (AvgIpc) is 3.19. The summed E-state index contributed by atoms with van der Waals surface area (Å²) >= 11 is 0.677. The van der Waals surface area contributed by atoms with Crippen molar-refractivity contribution in [3.05, 3.63) is 22.6 Å². The summed E-state index contributed by atoms with van der Waals surface area (Å²) in [6, 6.07) is 0.612. The van der Waals surface area contributed by atoms with Crippen LogP contribution in [0.3, 0.4) is 0 Å². The highest BCUT2D eigenvalue weighted by molar-refractivity contribution is 7.17. The van der Waals surface area contributed by atoms with E-state index in [9.17, 15) is 40.3 Å². The first-order valence-corrected chi connectivity index (χ1v) is 10.8.